The lowest BCUT2D eigenvalue weighted by atomic mass is 10.2. The first kappa shape index (κ1) is 24.4. The summed E-state index contributed by atoms with van der Waals surface area (Å²) in [6, 6.07) is 6.80. The number of nitrogens with one attached hydrogen (secondary N) is 1. The Kier molecular flexibility index (Phi) is 9.70. The van der Waals surface area contributed by atoms with Crippen LogP contribution in [0.4, 0.5) is 4.39 Å². The van der Waals surface area contributed by atoms with Crippen LogP contribution < -0.4 is 5.32 Å². The van der Waals surface area contributed by atoms with E-state index in [-0.39, 0.29) is 18.3 Å². The fourth-order valence-corrected chi connectivity index (χ4v) is 3.89. The largest absolute Gasteiger partial charge is 0.379 e. The minimum atomic E-state index is -0.192. The molecule has 1 amide bonds. The number of piperazine rings is 1. The van der Waals surface area contributed by atoms with E-state index in [1.165, 1.54) is 6.07 Å². The van der Waals surface area contributed by atoms with E-state index >= 15 is 0 Å². The quantitative estimate of drug-likeness (QED) is 0.359. The molecule has 2 aliphatic heterocycles. The molecule has 0 saturated carbocycles. The van der Waals surface area contributed by atoms with Gasteiger partial charge in [0.15, 0.2) is 5.96 Å². The fourth-order valence-electron chi connectivity index (χ4n) is 3.89. The molecule has 2 fully saturated rings. The molecule has 178 valence electrons. The van der Waals surface area contributed by atoms with Gasteiger partial charge in [0.25, 0.3) is 0 Å². The zero-order chi connectivity index (χ0) is 22.8. The number of benzene rings is 1. The Hall–Kier alpha value is -2.23. The van der Waals surface area contributed by atoms with Gasteiger partial charge >= 0.3 is 0 Å². The van der Waals surface area contributed by atoms with Crippen molar-refractivity contribution in [2.75, 3.05) is 86.2 Å². The molecule has 9 heteroatoms. The monoisotopic (exact) mass is 448 g/mol. The van der Waals surface area contributed by atoms with Gasteiger partial charge in [-0.2, -0.15) is 0 Å². The summed E-state index contributed by atoms with van der Waals surface area (Å²) < 4.78 is 18.9. The van der Waals surface area contributed by atoms with Crippen LogP contribution >= 0.6 is 0 Å². The maximum Gasteiger partial charge on any atom is 0.243 e. The number of hydrogen-bond donors (Lipinski definition) is 1. The van der Waals surface area contributed by atoms with Crippen molar-refractivity contribution in [3.05, 3.63) is 35.6 Å². The van der Waals surface area contributed by atoms with Gasteiger partial charge in [0, 0.05) is 66.5 Å². The lowest BCUT2D eigenvalue weighted by molar-refractivity contribution is -0.127. The van der Waals surface area contributed by atoms with Crippen LogP contribution in [0.1, 0.15) is 12.0 Å². The molecule has 0 spiro atoms. The van der Waals surface area contributed by atoms with Crippen molar-refractivity contribution >= 4 is 11.9 Å². The molecule has 1 N–H and O–H groups in total. The van der Waals surface area contributed by atoms with Crippen LogP contribution in [-0.2, 0) is 16.1 Å². The third-order valence-corrected chi connectivity index (χ3v) is 5.87. The molecule has 2 aliphatic rings. The molecule has 32 heavy (non-hydrogen) atoms. The van der Waals surface area contributed by atoms with Gasteiger partial charge in [-0.3, -0.25) is 14.6 Å². The van der Waals surface area contributed by atoms with Gasteiger partial charge in [-0.1, -0.05) is 12.1 Å². The normalized spacial score (nSPS) is 18.6. The van der Waals surface area contributed by atoms with E-state index in [1.54, 1.807) is 31.1 Å². The number of ether oxygens (including phenoxy) is 1. The van der Waals surface area contributed by atoms with Crippen LogP contribution in [0.5, 0.6) is 0 Å². The zero-order valence-electron chi connectivity index (χ0n) is 19.4. The zero-order valence-corrected chi connectivity index (χ0v) is 19.4. The fraction of sp³-hybridized carbons (Fsp3) is 0.652. The van der Waals surface area contributed by atoms with E-state index in [2.05, 4.69) is 25.0 Å². The topological polar surface area (TPSA) is 63.7 Å². The van der Waals surface area contributed by atoms with Gasteiger partial charge in [0.2, 0.25) is 5.91 Å². The van der Waals surface area contributed by atoms with Crippen LogP contribution in [0, 0.1) is 5.82 Å². The number of likely N-dealkylation sites (N-methyl/N-ethyl adjacent to an activating group) is 1. The summed E-state index contributed by atoms with van der Waals surface area (Å²) >= 11 is 0. The molecule has 8 nitrogen and oxygen atoms in total. The van der Waals surface area contributed by atoms with E-state index < -0.39 is 0 Å². The molecule has 0 aromatic heterocycles. The lowest BCUT2D eigenvalue weighted by Gasteiger charge is -2.36. The first-order valence-corrected chi connectivity index (χ1v) is 11.5. The SMILES string of the molecule is CN(C)C(=O)CN=C(NCCCN1CCOCC1)N1CCN(Cc2cccc(F)c2)CC1. The molecule has 1 aromatic carbocycles. The Balaban J connectivity index is 1.49. The second kappa shape index (κ2) is 12.7. The van der Waals surface area contributed by atoms with E-state index in [0.717, 1.165) is 90.1 Å². The van der Waals surface area contributed by atoms with Gasteiger partial charge in [-0.15, -0.1) is 0 Å². The number of carbonyl (C=O) groups is 1. The Morgan fingerprint density at radius 2 is 1.88 bits per heavy atom. The maximum absolute atomic E-state index is 13.5. The molecule has 0 radical (unpaired) electrons. The van der Waals surface area contributed by atoms with Crippen LogP contribution in [-0.4, -0.2) is 118 Å². The molecule has 0 aliphatic carbocycles. The van der Waals surface area contributed by atoms with Crippen molar-refractivity contribution in [1.82, 2.24) is 24.9 Å². The highest BCUT2D eigenvalue weighted by molar-refractivity contribution is 5.84. The van der Waals surface area contributed by atoms with Gasteiger partial charge < -0.3 is 19.9 Å². The van der Waals surface area contributed by atoms with Gasteiger partial charge in [0.05, 0.1) is 13.2 Å². The average molecular weight is 449 g/mol. The van der Waals surface area contributed by atoms with E-state index in [4.69, 9.17) is 4.74 Å². The van der Waals surface area contributed by atoms with Crippen LogP contribution in [0.2, 0.25) is 0 Å². The summed E-state index contributed by atoms with van der Waals surface area (Å²) in [5, 5.41) is 3.47. The Morgan fingerprint density at radius 1 is 1.12 bits per heavy atom. The summed E-state index contributed by atoms with van der Waals surface area (Å²) in [6.45, 7) is 9.71. The first-order valence-electron chi connectivity index (χ1n) is 11.5. The summed E-state index contributed by atoms with van der Waals surface area (Å²) in [4.78, 5) is 25.2. The van der Waals surface area contributed by atoms with Gasteiger partial charge in [0.1, 0.15) is 12.4 Å². The van der Waals surface area contributed by atoms with E-state index in [1.807, 2.05) is 6.07 Å². The van der Waals surface area contributed by atoms with Crippen molar-refractivity contribution in [2.45, 2.75) is 13.0 Å². The summed E-state index contributed by atoms with van der Waals surface area (Å²) in [7, 11) is 3.50. The van der Waals surface area contributed by atoms with Crippen LogP contribution in [0.3, 0.4) is 0 Å². The second-order valence-electron chi connectivity index (χ2n) is 8.56. The van der Waals surface area contributed by atoms with Gasteiger partial charge in [-0.25, -0.2) is 9.38 Å². The third kappa shape index (κ3) is 8.03. The highest BCUT2D eigenvalue weighted by Gasteiger charge is 2.20. The number of nitrogens with zero attached hydrogens (tertiary/aromatic N) is 5. The number of morpholine rings is 1. The average Bonchev–Trinajstić information content (AvgIpc) is 2.79. The first-order chi connectivity index (χ1) is 15.5. The standard InChI is InChI=1S/C23H37FN6O2/c1-27(2)22(31)18-26-23(25-7-4-8-28-13-15-32-16-14-28)30-11-9-29(10-12-30)19-20-5-3-6-21(24)17-20/h3,5-6,17H,4,7-16,18-19H2,1-2H3,(H,25,26). The van der Waals surface area contributed by atoms with Gasteiger partial charge in [-0.05, 0) is 30.7 Å². The molecular formula is C23H37FN6O2. The molecule has 2 heterocycles. The van der Waals surface area contributed by atoms with Crippen molar-refractivity contribution in [1.29, 1.82) is 0 Å². The molecule has 2 saturated heterocycles. The summed E-state index contributed by atoms with van der Waals surface area (Å²) in [5.74, 6) is 0.595. The van der Waals surface area contributed by atoms with E-state index in [0.29, 0.717) is 0 Å². The number of rotatable bonds is 8. The number of carbonyl (C=O) groups excluding carboxylic acids is 1. The lowest BCUT2D eigenvalue weighted by Crippen LogP contribution is -2.52. The minimum Gasteiger partial charge on any atom is -0.379 e. The van der Waals surface area contributed by atoms with E-state index in [9.17, 15) is 9.18 Å². The molecule has 0 unspecified atom stereocenters. The number of amides is 1. The maximum atomic E-state index is 13.5. The Labute approximate surface area is 191 Å². The molecule has 0 bridgehead atoms. The Bertz CT molecular complexity index is 746. The highest BCUT2D eigenvalue weighted by atomic mass is 19.1. The number of aliphatic imine (C=N–C) groups is 1. The number of halogens is 1. The third-order valence-electron chi connectivity index (χ3n) is 5.87. The number of hydrogen-bond acceptors (Lipinski definition) is 5. The molecular weight excluding hydrogens is 411 g/mol. The number of guanidine groups is 1. The predicted molar refractivity (Wildman–Crippen MR) is 124 cm³/mol. The van der Waals surface area contributed by atoms with Crippen molar-refractivity contribution in [3.8, 4) is 0 Å². The molecule has 1 aromatic rings. The van der Waals surface area contributed by atoms with Crippen LogP contribution in [0.15, 0.2) is 29.3 Å². The van der Waals surface area contributed by atoms with Crippen LogP contribution in [0.25, 0.3) is 0 Å². The van der Waals surface area contributed by atoms with Crippen molar-refractivity contribution < 1.29 is 13.9 Å². The predicted octanol–water partition coefficient (Wildman–Crippen LogP) is 0.699. The van der Waals surface area contributed by atoms with Crippen molar-refractivity contribution in [2.24, 2.45) is 4.99 Å². The Morgan fingerprint density at radius 3 is 2.56 bits per heavy atom. The highest BCUT2D eigenvalue weighted by Crippen LogP contribution is 2.10. The summed E-state index contributed by atoms with van der Waals surface area (Å²) in [6.07, 6.45) is 1.01. The summed E-state index contributed by atoms with van der Waals surface area (Å²) in [5.41, 5.74) is 0.991. The minimum absolute atomic E-state index is 0.0117. The molecule has 0 atom stereocenters. The smallest absolute Gasteiger partial charge is 0.243 e. The molecule has 3 rings (SSSR count). The van der Waals surface area contributed by atoms with Crippen molar-refractivity contribution in [3.63, 3.8) is 0 Å². The second-order valence-corrected chi connectivity index (χ2v) is 8.56.